The summed E-state index contributed by atoms with van der Waals surface area (Å²) in [5.41, 5.74) is 2.99. The largest absolute Gasteiger partial charge is 0.435 e. The first-order valence-corrected chi connectivity index (χ1v) is 8.17. The zero-order valence-electron chi connectivity index (χ0n) is 14.5. The highest BCUT2D eigenvalue weighted by atomic mass is 19.3. The summed E-state index contributed by atoms with van der Waals surface area (Å²) < 4.78 is 34.6. The fraction of sp³-hybridized carbons (Fsp3) is 0.412. The Morgan fingerprint density at radius 3 is 2.96 bits per heavy atom. The molecule has 1 fully saturated rings. The van der Waals surface area contributed by atoms with E-state index in [0.717, 1.165) is 17.0 Å². The minimum absolute atomic E-state index is 0.0159. The minimum Gasteiger partial charge on any atom is -0.435 e. The average molecular weight is 366 g/mol. The van der Waals surface area contributed by atoms with Crippen LogP contribution in [-0.2, 0) is 4.74 Å². The van der Waals surface area contributed by atoms with Gasteiger partial charge in [0.05, 0.1) is 24.9 Å². The number of hydrogen-bond acceptors (Lipinski definition) is 4. The SMILES string of the molecule is Cc1n[nH]c(C)c1[C@@H]1COCCN1C(=O)Nc1cccc(OC(F)F)c1. The highest BCUT2D eigenvalue weighted by Gasteiger charge is 2.32. The van der Waals surface area contributed by atoms with Crippen molar-refractivity contribution in [3.63, 3.8) is 0 Å². The van der Waals surface area contributed by atoms with Crippen molar-refractivity contribution in [2.45, 2.75) is 26.5 Å². The number of morpholine rings is 1. The van der Waals surface area contributed by atoms with Crippen LogP contribution >= 0.6 is 0 Å². The van der Waals surface area contributed by atoms with Gasteiger partial charge in [0, 0.05) is 29.6 Å². The number of ether oxygens (including phenoxy) is 2. The van der Waals surface area contributed by atoms with Crippen LogP contribution in [0.25, 0.3) is 0 Å². The van der Waals surface area contributed by atoms with E-state index in [1.54, 1.807) is 11.0 Å². The molecule has 3 rings (SSSR count). The maximum Gasteiger partial charge on any atom is 0.387 e. The number of anilines is 1. The summed E-state index contributed by atoms with van der Waals surface area (Å²) in [6, 6.07) is 5.29. The van der Waals surface area contributed by atoms with Gasteiger partial charge in [0.25, 0.3) is 0 Å². The fourth-order valence-electron chi connectivity index (χ4n) is 3.08. The summed E-state index contributed by atoms with van der Waals surface area (Å²) in [6.45, 7) is 2.04. The molecule has 2 amide bonds. The molecule has 9 heteroatoms. The van der Waals surface area contributed by atoms with E-state index < -0.39 is 6.61 Å². The molecule has 1 atom stereocenters. The van der Waals surface area contributed by atoms with Crippen molar-refractivity contribution in [2.24, 2.45) is 0 Å². The molecule has 0 radical (unpaired) electrons. The van der Waals surface area contributed by atoms with E-state index in [9.17, 15) is 13.6 Å². The van der Waals surface area contributed by atoms with Gasteiger partial charge in [0.15, 0.2) is 0 Å². The highest BCUT2D eigenvalue weighted by molar-refractivity contribution is 5.90. The molecule has 0 unspecified atom stereocenters. The number of benzene rings is 1. The lowest BCUT2D eigenvalue weighted by molar-refractivity contribution is -0.0498. The number of alkyl halides is 2. The molecule has 1 aliphatic heterocycles. The number of H-pyrrole nitrogens is 1. The van der Waals surface area contributed by atoms with Crippen LogP contribution in [0, 0.1) is 13.8 Å². The van der Waals surface area contributed by atoms with Crippen molar-refractivity contribution >= 4 is 11.7 Å². The van der Waals surface area contributed by atoms with Crippen molar-refractivity contribution in [1.82, 2.24) is 15.1 Å². The quantitative estimate of drug-likeness (QED) is 0.871. The van der Waals surface area contributed by atoms with E-state index in [4.69, 9.17) is 4.74 Å². The predicted octanol–water partition coefficient (Wildman–Crippen LogP) is 3.23. The third-order valence-electron chi connectivity index (χ3n) is 4.22. The maximum absolute atomic E-state index is 12.8. The van der Waals surface area contributed by atoms with E-state index in [0.29, 0.717) is 25.4 Å². The number of nitrogens with one attached hydrogen (secondary N) is 2. The minimum atomic E-state index is -2.92. The van der Waals surface area contributed by atoms with E-state index in [1.165, 1.54) is 18.2 Å². The van der Waals surface area contributed by atoms with Gasteiger partial charge in [0.2, 0.25) is 0 Å². The smallest absolute Gasteiger partial charge is 0.387 e. The molecule has 1 saturated heterocycles. The second kappa shape index (κ2) is 7.69. The Labute approximate surface area is 149 Å². The summed E-state index contributed by atoms with van der Waals surface area (Å²) in [6.07, 6.45) is 0. The number of aryl methyl sites for hydroxylation is 2. The van der Waals surface area contributed by atoms with Gasteiger partial charge in [-0.25, -0.2) is 4.79 Å². The Bertz CT molecular complexity index is 762. The summed E-state index contributed by atoms with van der Waals surface area (Å²) in [7, 11) is 0. The summed E-state index contributed by atoms with van der Waals surface area (Å²) in [5, 5.41) is 9.83. The van der Waals surface area contributed by atoms with Crippen LogP contribution < -0.4 is 10.1 Å². The second-order valence-electron chi connectivity index (χ2n) is 5.97. The maximum atomic E-state index is 12.8. The van der Waals surface area contributed by atoms with Gasteiger partial charge in [-0.05, 0) is 26.0 Å². The Hall–Kier alpha value is -2.68. The molecule has 1 aliphatic rings. The van der Waals surface area contributed by atoms with Crippen molar-refractivity contribution in [3.05, 3.63) is 41.2 Å². The predicted molar refractivity (Wildman–Crippen MR) is 90.4 cm³/mol. The molecule has 2 aromatic rings. The molecule has 0 saturated carbocycles. The Balaban J connectivity index is 1.77. The van der Waals surface area contributed by atoms with Crippen molar-refractivity contribution in [3.8, 4) is 5.75 Å². The molecule has 140 valence electrons. The number of carbonyl (C=O) groups excluding carboxylic acids is 1. The van der Waals surface area contributed by atoms with Crippen LogP contribution in [0.1, 0.15) is 23.0 Å². The molecule has 2 heterocycles. The Kier molecular flexibility index (Phi) is 5.36. The lowest BCUT2D eigenvalue weighted by Gasteiger charge is -2.36. The Morgan fingerprint density at radius 2 is 2.27 bits per heavy atom. The molecule has 0 bridgehead atoms. The summed E-state index contributed by atoms with van der Waals surface area (Å²) in [4.78, 5) is 14.4. The number of urea groups is 1. The lowest BCUT2D eigenvalue weighted by Crippen LogP contribution is -2.45. The lowest BCUT2D eigenvalue weighted by atomic mass is 10.0. The Morgan fingerprint density at radius 1 is 1.46 bits per heavy atom. The second-order valence-corrected chi connectivity index (χ2v) is 5.97. The summed E-state index contributed by atoms with van der Waals surface area (Å²) in [5.74, 6) is -0.0159. The topological polar surface area (TPSA) is 79.5 Å². The molecule has 7 nitrogen and oxygen atoms in total. The molecular formula is C17H20F2N4O3. The monoisotopic (exact) mass is 366 g/mol. The molecule has 0 aliphatic carbocycles. The number of rotatable bonds is 4. The highest BCUT2D eigenvalue weighted by Crippen LogP contribution is 2.29. The zero-order valence-corrected chi connectivity index (χ0v) is 14.5. The van der Waals surface area contributed by atoms with Crippen LogP contribution in [0.15, 0.2) is 24.3 Å². The molecular weight excluding hydrogens is 346 g/mol. The van der Waals surface area contributed by atoms with Gasteiger partial charge in [-0.3, -0.25) is 5.10 Å². The fourth-order valence-corrected chi connectivity index (χ4v) is 3.08. The molecule has 1 aromatic heterocycles. The van der Waals surface area contributed by atoms with Gasteiger partial charge in [-0.15, -0.1) is 0 Å². The van der Waals surface area contributed by atoms with Gasteiger partial charge >= 0.3 is 12.6 Å². The summed E-state index contributed by atoms with van der Waals surface area (Å²) >= 11 is 0. The number of aromatic amines is 1. The zero-order chi connectivity index (χ0) is 18.7. The van der Waals surface area contributed by atoms with Crippen LogP contribution in [0.3, 0.4) is 0 Å². The van der Waals surface area contributed by atoms with Gasteiger partial charge in [-0.2, -0.15) is 13.9 Å². The van der Waals surface area contributed by atoms with Crippen molar-refractivity contribution < 1.29 is 23.0 Å². The number of hydrogen-bond donors (Lipinski definition) is 2. The third kappa shape index (κ3) is 3.93. The average Bonchev–Trinajstić information content (AvgIpc) is 2.93. The first-order valence-electron chi connectivity index (χ1n) is 8.17. The van der Waals surface area contributed by atoms with Crippen LogP contribution in [0.4, 0.5) is 19.3 Å². The number of aromatic nitrogens is 2. The van der Waals surface area contributed by atoms with Crippen LogP contribution in [-0.4, -0.2) is 47.5 Å². The molecule has 1 aromatic carbocycles. The van der Waals surface area contributed by atoms with E-state index in [-0.39, 0.29) is 17.8 Å². The van der Waals surface area contributed by atoms with Crippen molar-refractivity contribution in [1.29, 1.82) is 0 Å². The first-order chi connectivity index (χ1) is 12.5. The van der Waals surface area contributed by atoms with Gasteiger partial charge in [-0.1, -0.05) is 6.07 Å². The third-order valence-corrected chi connectivity index (χ3v) is 4.22. The van der Waals surface area contributed by atoms with Crippen LogP contribution in [0.5, 0.6) is 5.75 Å². The normalized spacial score (nSPS) is 17.4. The first kappa shape index (κ1) is 18.1. The van der Waals surface area contributed by atoms with Crippen molar-refractivity contribution in [2.75, 3.05) is 25.1 Å². The number of halogens is 2. The van der Waals surface area contributed by atoms with Crippen LogP contribution in [0.2, 0.25) is 0 Å². The van der Waals surface area contributed by atoms with E-state index >= 15 is 0 Å². The van der Waals surface area contributed by atoms with E-state index in [1.807, 2.05) is 13.8 Å². The number of nitrogens with zero attached hydrogens (tertiary/aromatic N) is 2. The number of carbonyl (C=O) groups is 1. The molecule has 26 heavy (non-hydrogen) atoms. The number of amides is 2. The standard InChI is InChI=1S/C17H20F2N4O3/c1-10-15(11(2)22-21-10)14-9-25-7-6-23(14)17(24)20-12-4-3-5-13(8-12)26-16(18)19/h3-5,8,14,16H,6-7,9H2,1-2H3,(H,20,24)(H,21,22)/t14-/m0/s1. The molecule has 0 spiro atoms. The van der Waals surface area contributed by atoms with Gasteiger partial charge in [0.1, 0.15) is 5.75 Å². The van der Waals surface area contributed by atoms with E-state index in [2.05, 4.69) is 20.3 Å². The van der Waals surface area contributed by atoms with Gasteiger partial charge < -0.3 is 19.7 Å². The molecule has 2 N–H and O–H groups in total.